The molecule has 150 valence electrons. The van der Waals surface area contributed by atoms with E-state index in [9.17, 15) is 9.18 Å². The monoisotopic (exact) mass is 385 g/mol. The van der Waals surface area contributed by atoms with Crippen molar-refractivity contribution in [2.45, 2.75) is 45.2 Å². The number of hydrogen-bond acceptors (Lipinski definition) is 4. The molecule has 0 saturated carbocycles. The van der Waals surface area contributed by atoms with Crippen LogP contribution in [0.5, 0.6) is 0 Å². The summed E-state index contributed by atoms with van der Waals surface area (Å²) in [5.41, 5.74) is 0.742. The van der Waals surface area contributed by atoms with Crippen LogP contribution in [0, 0.1) is 11.7 Å². The summed E-state index contributed by atoms with van der Waals surface area (Å²) in [4.78, 5) is 16.8. The van der Waals surface area contributed by atoms with E-state index in [0.717, 1.165) is 56.2 Å². The molecule has 2 aliphatic heterocycles. The molecule has 4 rings (SSSR count). The van der Waals surface area contributed by atoms with E-state index in [1.54, 1.807) is 12.1 Å². The number of likely N-dealkylation sites (N-methyl/N-ethyl adjacent to an activating group) is 1. The number of rotatable bonds is 3. The minimum absolute atomic E-state index is 0.135. The number of aromatic nitrogens is 3. The molecule has 1 aromatic carbocycles. The van der Waals surface area contributed by atoms with Crippen LogP contribution in [0.2, 0.25) is 0 Å². The molecule has 0 unspecified atom stereocenters. The Balaban J connectivity index is 1.64. The zero-order valence-electron chi connectivity index (χ0n) is 16.9. The van der Waals surface area contributed by atoms with Crippen molar-refractivity contribution in [3.8, 4) is 11.4 Å². The lowest BCUT2D eigenvalue weighted by Gasteiger charge is -2.48. The number of halogens is 1. The number of piperidine rings is 1. The van der Waals surface area contributed by atoms with Crippen molar-refractivity contribution in [1.29, 1.82) is 0 Å². The topological polar surface area (TPSA) is 54.3 Å². The second-order valence-electron chi connectivity index (χ2n) is 8.66. The second kappa shape index (κ2) is 7.28. The number of likely N-dealkylation sites (tertiary alicyclic amines) is 1. The summed E-state index contributed by atoms with van der Waals surface area (Å²) in [6.07, 6.45) is 2.35. The Kier molecular flexibility index (Phi) is 4.95. The SMILES string of the molecule is CC(C)CC(=O)N1CCC2(CC1)CN(C)Cc1nnc(-c3ccc(F)cc3)n12. The van der Waals surface area contributed by atoms with Gasteiger partial charge in [0.05, 0.1) is 12.1 Å². The van der Waals surface area contributed by atoms with Gasteiger partial charge in [-0.15, -0.1) is 10.2 Å². The number of amides is 1. The van der Waals surface area contributed by atoms with Crippen LogP contribution in [0.15, 0.2) is 24.3 Å². The molecule has 1 aromatic heterocycles. The summed E-state index contributed by atoms with van der Waals surface area (Å²) >= 11 is 0. The van der Waals surface area contributed by atoms with E-state index >= 15 is 0 Å². The molecule has 0 atom stereocenters. The average molecular weight is 385 g/mol. The summed E-state index contributed by atoms with van der Waals surface area (Å²) in [6, 6.07) is 6.46. The van der Waals surface area contributed by atoms with Crippen LogP contribution in [0.4, 0.5) is 4.39 Å². The summed E-state index contributed by atoms with van der Waals surface area (Å²) in [5.74, 6) is 2.10. The Morgan fingerprint density at radius 2 is 1.86 bits per heavy atom. The predicted molar refractivity (Wildman–Crippen MR) is 105 cm³/mol. The van der Waals surface area contributed by atoms with Gasteiger partial charge in [-0.1, -0.05) is 13.8 Å². The van der Waals surface area contributed by atoms with Gasteiger partial charge in [-0.3, -0.25) is 9.69 Å². The van der Waals surface area contributed by atoms with Crippen molar-refractivity contribution in [2.75, 3.05) is 26.7 Å². The van der Waals surface area contributed by atoms with Crippen LogP contribution in [0.1, 0.15) is 38.9 Å². The minimum Gasteiger partial charge on any atom is -0.343 e. The van der Waals surface area contributed by atoms with Gasteiger partial charge < -0.3 is 9.47 Å². The second-order valence-corrected chi connectivity index (χ2v) is 8.66. The maximum atomic E-state index is 13.4. The Hall–Kier alpha value is -2.28. The van der Waals surface area contributed by atoms with E-state index < -0.39 is 0 Å². The number of benzene rings is 1. The molecule has 1 spiro atoms. The number of nitrogens with zero attached hydrogens (tertiary/aromatic N) is 5. The molecule has 0 bridgehead atoms. The van der Waals surface area contributed by atoms with Gasteiger partial charge in [0.15, 0.2) is 5.82 Å². The van der Waals surface area contributed by atoms with Crippen LogP contribution in [0.25, 0.3) is 11.4 Å². The molecule has 1 saturated heterocycles. The first-order chi connectivity index (χ1) is 13.4. The van der Waals surface area contributed by atoms with Crippen molar-refractivity contribution in [2.24, 2.45) is 5.92 Å². The maximum absolute atomic E-state index is 13.4. The lowest BCUT2D eigenvalue weighted by Crippen LogP contribution is -2.56. The predicted octanol–water partition coefficient (Wildman–Crippen LogP) is 2.89. The van der Waals surface area contributed by atoms with E-state index in [-0.39, 0.29) is 17.3 Å². The molecule has 1 amide bonds. The Morgan fingerprint density at radius 1 is 1.18 bits per heavy atom. The highest BCUT2D eigenvalue weighted by molar-refractivity contribution is 5.76. The van der Waals surface area contributed by atoms with Crippen molar-refractivity contribution in [1.82, 2.24) is 24.6 Å². The van der Waals surface area contributed by atoms with Gasteiger partial charge in [-0.2, -0.15) is 0 Å². The van der Waals surface area contributed by atoms with E-state index in [4.69, 9.17) is 0 Å². The van der Waals surface area contributed by atoms with Crippen LogP contribution in [0.3, 0.4) is 0 Å². The van der Waals surface area contributed by atoms with Crippen LogP contribution in [-0.2, 0) is 16.9 Å². The molecule has 1 fully saturated rings. The van der Waals surface area contributed by atoms with E-state index in [1.165, 1.54) is 12.1 Å². The van der Waals surface area contributed by atoms with Crippen molar-refractivity contribution >= 4 is 5.91 Å². The fourth-order valence-electron chi connectivity index (χ4n) is 4.61. The van der Waals surface area contributed by atoms with Gasteiger partial charge in [0.2, 0.25) is 5.91 Å². The number of carbonyl (C=O) groups excluding carboxylic acids is 1. The fourth-order valence-corrected chi connectivity index (χ4v) is 4.61. The molecule has 2 aromatic rings. The zero-order valence-corrected chi connectivity index (χ0v) is 16.9. The molecule has 2 aliphatic rings. The highest BCUT2D eigenvalue weighted by Gasteiger charge is 2.44. The standard InChI is InChI=1S/C21H28FN5O/c1-15(2)12-19(28)26-10-8-21(9-11-26)14-25(3)13-18-23-24-20(27(18)21)16-4-6-17(22)7-5-16/h4-7,15H,8-14H2,1-3H3. The molecule has 0 radical (unpaired) electrons. The number of fused-ring (bicyclic) bond motifs is 2. The smallest absolute Gasteiger partial charge is 0.222 e. The van der Waals surface area contributed by atoms with Gasteiger partial charge in [-0.25, -0.2) is 4.39 Å². The van der Waals surface area contributed by atoms with Gasteiger partial charge in [0, 0.05) is 31.6 Å². The van der Waals surface area contributed by atoms with Gasteiger partial charge in [0.1, 0.15) is 11.6 Å². The normalized spacial score (nSPS) is 19.2. The first-order valence-electron chi connectivity index (χ1n) is 10.0. The van der Waals surface area contributed by atoms with Gasteiger partial charge in [-0.05, 0) is 50.1 Å². The molecule has 3 heterocycles. The summed E-state index contributed by atoms with van der Waals surface area (Å²) < 4.78 is 15.7. The summed E-state index contributed by atoms with van der Waals surface area (Å²) in [7, 11) is 2.10. The zero-order chi connectivity index (χ0) is 19.9. The largest absolute Gasteiger partial charge is 0.343 e. The van der Waals surface area contributed by atoms with Crippen LogP contribution < -0.4 is 0 Å². The Morgan fingerprint density at radius 3 is 2.50 bits per heavy atom. The van der Waals surface area contributed by atoms with Gasteiger partial charge >= 0.3 is 0 Å². The molecule has 0 N–H and O–H groups in total. The van der Waals surface area contributed by atoms with Gasteiger partial charge in [0.25, 0.3) is 0 Å². The van der Waals surface area contributed by atoms with Crippen molar-refractivity contribution < 1.29 is 9.18 Å². The summed E-state index contributed by atoms with van der Waals surface area (Å²) in [5, 5.41) is 8.90. The van der Waals surface area contributed by atoms with E-state index in [2.05, 4.69) is 40.6 Å². The van der Waals surface area contributed by atoms with Crippen molar-refractivity contribution in [3.63, 3.8) is 0 Å². The third-order valence-electron chi connectivity index (χ3n) is 5.91. The van der Waals surface area contributed by atoms with E-state index in [0.29, 0.717) is 12.3 Å². The van der Waals surface area contributed by atoms with Crippen LogP contribution >= 0.6 is 0 Å². The molecular formula is C21H28FN5O. The molecule has 7 heteroatoms. The molecule has 6 nitrogen and oxygen atoms in total. The number of carbonyl (C=O) groups is 1. The molecular weight excluding hydrogens is 357 g/mol. The Bertz CT molecular complexity index is 852. The minimum atomic E-state index is -0.256. The third kappa shape index (κ3) is 3.43. The quantitative estimate of drug-likeness (QED) is 0.815. The van der Waals surface area contributed by atoms with Crippen LogP contribution in [-0.4, -0.2) is 57.2 Å². The Labute approximate surface area is 165 Å². The first-order valence-corrected chi connectivity index (χ1v) is 10.0. The first kappa shape index (κ1) is 19.1. The highest BCUT2D eigenvalue weighted by Crippen LogP contribution is 2.39. The van der Waals surface area contributed by atoms with Crippen molar-refractivity contribution in [3.05, 3.63) is 35.9 Å². The summed E-state index contributed by atoms with van der Waals surface area (Å²) in [6.45, 7) is 7.31. The molecule has 0 aliphatic carbocycles. The molecule has 28 heavy (non-hydrogen) atoms. The lowest BCUT2D eigenvalue weighted by atomic mass is 9.84. The lowest BCUT2D eigenvalue weighted by molar-refractivity contribution is -0.134. The van der Waals surface area contributed by atoms with E-state index in [1.807, 2.05) is 4.90 Å². The fraction of sp³-hybridized carbons (Fsp3) is 0.571. The third-order valence-corrected chi connectivity index (χ3v) is 5.91. The highest BCUT2D eigenvalue weighted by atomic mass is 19.1. The average Bonchev–Trinajstić information content (AvgIpc) is 3.07. The number of hydrogen-bond donors (Lipinski definition) is 0. The maximum Gasteiger partial charge on any atom is 0.222 e.